The average molecular weight is 788 g/mol. The highest BCUT2D eigenvalue weighted by Crippen LogP contribution is 2.39. The number of aliphatic hydroxyl groups is 1. The lowest BCUT2D eigenvalue weighted by atomic mass is 9.92. The molecule has 5 heterocycles. The molecule has 306 valence electrons. The first-order valence-corrected chi connectivity index (χ1v) is 19.3. The summed E-state index contributed by atoms with van der Waals surface area (Å²) in [6, 6.07) is 10.1. The van der Waals surface area contributed by atoms with Gasteiger partial charge in [0.05, 0.1) is 53.3 Å². The number of nitrogens with zero attached hydrogens (tertiary/aromatic N) is 6. The molecule has 1 saturated heterocycles. The molecule has 57 heavy (non-hydrogen) atoms. The Bertz CT molecular complexity index is 2130. The number of halogens is 1. The molecule has 0 bridgehead atoms. The zero-order chi connectivity index (χ0) is 41.3. The number of piperidine rings is 1. The normalized spacial score (nSPS) is 15.7. The van der Waals surface area contributed by atoms with Gasteiger partial charge >= 0.3 is 12.1 Å². The van der Waals surface area contributed by atoms with Crippen molar-refractivity contribution in [2.75, 3.05) is 50.6 Å². The van der Waals surface area contributed by atoms with Gasteiger partial charge < -0.3 is 34.4 Å². The minimum Gasteiger partial charge on any atom is -0.460 e. The molecule has 14 nitrogen and oxygen atoms in total. The summed E-state index contributed by atoms with van der Waals surface area (Å²) in [4.78, 5) is 54.1. The number of imide groups is 1. The van der Waals surface area contributed by atoms with E-state index in [1.165, 1.54) is 12.1 Å². The van der Waals surface area contributed by atoms with Gasteiger partial charge in [-0.15, -0.1) is 0 Å². The van der Waals surface area contributed by atoms with Crippen molar-refractivity contribution in [3.8, 4) is 11.3 Å². The number of hydrogen-bond acceptors (Lipinski definition) is 12. The third kappa shape index (κ3) is 10.1. The molecule has 0 spiro atoms. The Balaban J connectivity index is 1.20. The smallest absolute Gasteiger partial charge is 0.417 e. The third-order valence-corrected chi connectivity index (χ3v) is 9.63. The van der Waals surface area contributed by atoms with E-state index >= 15 is 0 Å². The maximum absolute atomic E-state index is 14.1. The quantitative estimate of drug-likeness (QED) is 0.116. The largest absolute Gasteiger partial charge is 0.460 e. The zero-order valence-electron chi connectivity index (χ0n) is 34.1. The number of benzene rings is 1. The van der Waals surface area contributed by atoms with Crippen LogP contribution in [0.25, 0.3) is 16.9 Å². The summed E-state index contributed by atoms with van der Waals surface area (Å²) in [5.74, 6) is -0.686. The molecule has 2 aliphatic heterocycles. The molecule has 0 aliphatic carbocycles. The van der Waals surface area contributed by atoms with Crippen LogP contribution in [0.1, 0.15) is 88.8 Å². The fraction of sp³-hybridized carbons (Fsp3) is 0.500. The molecule has 6 rings (SSSR count). The monoisotopic (exact) mass is 787 g/mol. The van der Waals surface area contributed by atoms with Gasteiger partial charge in [-0.25, -0.2) is 24.1 Å². The fourth-order valence-electron chi connectivity index (χ4n) is 7.07. The first-order chi connectivity index (χ1) is 26.8. The van der Waals surface area contributed by atoms with E-state index in [-0.39, 0.29) is 25.5 Å². The Morgan fingerprint density at radius 2 is 1.74 bits per heavy atom. The molecule has 15 heteroatoms. The number of ether oxygens (including phenoxy) is 3. The molecule has 2 aliphatic rings. The second-order valence-corrected chi connectivity index (χ2v) is 17.1. The number of esters is 1. The Morgan fingerprint density at radius 1 is 1.02 bits per heavy atom. The van der Waals surface area contributed by atoms with Gasteiger partial charge in [-0.05, 0) is 105 Å². The van der Waals surface area contributed by atoms with Gasteiger partial charge in [0.15, 0.2) is 0 Å². The van der Waals surface area contributed by atoms with Gasteiger partial charge in [-0.3, -0.25) is 14.0 Å². The standard InChI is InChI=1S/C42H54FN7O7/c1-40(2,3)56-36(51)10-9-21-55-26-42(54)16-19-48(20-17-42)32-13-14-34(46-31(32)25-47(7)8)45-30-12-11-28(33-23-44-35-22-27(43)15-18-49(33)35)29-24-50(38(52)37(29)30)39(53)57-41(4,5)6/h11-15,18,22-23,54H,9-10,16-17,19-21,24-26H2,1-8H3,(H,45,46). The number of anilines is 3. The Labute approximate surface area is 332 Å². The van der Waals surface area contributed by atoms with Crippen molar-refractivity contribution in [3.05, 3.63) is 71.4 Å². The third-order valence-electron chi connectivity index (χ3n) is 9.63. The molecule has 0 unspecified atom stereocenters. The minimum atomic E-state index is -0.981. The summed E-state index contributed by atoms with van der Waals surface area (Å²) in [6.07, 6.45) is 4.22. The summed E-state index contributed by atoms with van der Waals surface area (Å²) >= 11 is 0. The zero-order valence-corrected chi connectivity index (χ0v) is 34.1. The Kier molecular flexibility index (Phi) is 11.9. The van der Waals surface area contributed by atoms with Gasteiger partial charge in [0.25, 0.3) is 5.91 Å². The molecule has 0 saturated carbocycles. The number of carbonyl (C=O) groups excluding carboxylic acids is 3. The second-order valence-electron chi connectivity index (χ2n) is 17.1. The number of nitrogens with one attached hydrogen (secondary N) is 1. The summed E-state index contributed by atoms with van der Waals surface area (Å²) in [6.45, 7) is 13.0. The van der Waals surface area contributed by atoms with E-state index in [4.69, 9.17) is 19.2 Å². The molecule has 0 radical (unpaired) electrons. The van der Waals surface area contributed by atoms with Crippen molar-refractivity contribution in [2.45, 2.75) is 97.1 Å². The number of rotatable bonds is 12. The number of pyridine rings is 2. The maximum Gasteiger partial charge on any atom is 0.417 e. The summed E-state index contributed by atoms with van der Waals surface area (Å²) in [5, 5.41) is 14.7. The molecule has 1 aromatic carbocycles. The molecule has 0 atom stereocenters. The predicted molar refractivity (Wildman–Crippen MR) is 214 cm³/mol. The highest BCUT2D eigenvalue weighted by molar-refractivity contribution is 6.11. The van der Waals surface area contributed by atoms with Crippen LogP contribution < -0.4 is 10.2 Å². The van der Waals surface area contributed by atoms with Crippen LogP contribution in [0.3, 0.4) is 0 Å². The van der Waals surface area contributed by atoms with E-state index in [1.54, 1.807) is 43.6 Å². The predicted octanol–water partition coefficient (Wildman–Crippen LogP) is 6.70. The first-order valence-electron chi connectivity index (χ1n) is 19.3. The van der Waals surface area contributed by atoms with Crippen LogP contribution in [0, 0.1) is 5.82 Å². The number of carbonyl (C=O) groups is 3. The minimum absolute atomic E-state index is 0.0287. The topological polar surface area (TPSA) is 151 Å². The maximum atomic E-state index is 14.1. The van der Waals surface area contributed by atoms with E-state index in [0.29, 0.717) is 85.0 Å². The van der Waals surface area contributed by atoms with Gasteiger partial charge in [-0.1, -0.05) is 6.07 Å². The van der Waals surface area contributed by atoms with Gasteiger partial charge in [0, 0.05) is 50.5 Å². The number of imidazole rings is 1. The molecule has 2 amide bonds. The van der Waals surface area contributed by atoms with Gasteiger partial charge in [-0.2, -0.15) is 0 Å². The number of hydrogen-bond donors (Lipinski definition) is 2. The van der Waals surface area contributed by atoms with E-state index in [1.807, 2.05) is 58.0 Å². The summed E-state index contributed by atoms with van der Waals surface area (Å²) < 4.78 is 32.5. The van der Waals surface area contributed by atoms with Crippen LogP contribution in [-0.2, 0) is 32.1 Å². The van der Waals surface area contributed by atoms with Crippen LogP contribution in [0.5, 0.6) is 0 Å². The average Bonchev–Trinajstić information content (AvgIpc) is 3.68. The van der Waals surface area contributed by atoms with E-state index in [0.717, 1.165) is 16.3 Å². The number of aromatic nitrogens is 3. The first kappa shape index (κ1) is 41.5. The van der Waals surface area contributed by atoms with Crippen molar-refractivity contribution in [2.24, 2.45) is 0 Å². The Morgan fingerprint density at radius 3 is 2.42 bits per heavy atom. The van der Waals surface area contributed by atoms with Crippen LogP contribution >= 0.6 is 0 Å². The molecular weight excluding hydrogens is 734 g/mol. The molecule has 3 aromatic heterocycles. The second kappa shape index (κ2) is 16.4. The van der Waals surface area contributed by atoms with Crippen LogP contribution in [0.15, 0.2) is 48.8 Å². The van der Waals surface area contributed by atoms with E-state index < -0.39 is 34.6 Å². The molecule has 4 aromatic rings. The summed E-state index contributed by atoms with van der Waals surface area (Å²) in [7, 11) is 3.93. The van der Waals surface area contributed by atoms with Crippen molar-refractivity contribution >= 4 is 40.8 Å². The van der Waals surface area contributed by atoms with Crippen molar-refractivity contribution in [1.29, 1.82) is 0 Å². The highest BCUT2D eigenvalue weighted by atomic mass is 19.1. The van der Waals surface area contributed by atoms with Crippen LogP contribution in [-0.4, -0.2) is 104 Å². The lowest BCUT2D eigenvalue weighted by molar-refractivity contribution is -0.155. The van der Waals surface area contributed by atoms with E-state index in [2.05, 4.69) is 15.2 Å². The van der Waals surface area contributed by atoms with Gasteiger partial charge in [0.2, 0.25) is 0 Å². The lowest BCUT2D eigenvalue weighted by Gasteiger charge is -2.39. The molecular formula is C42H54FN7O7. The van der Waals surface area contributed by atoms with Crippen molar-refractivity contribution in [1.82, 2.24) is 24.2 Å². The van der Waals surface area contributed by atoms with Crippen molar-refractivity contribution in [3.63, 3.8) is 0 Å². The van der Waals surface area contributed by atoms with E-state index in [9.17, 15) is 23.9 Å². The molecule has 1 fully saturated rings. The van der Waals surface area contributed by atoms with Gasteiger partial charge in [0.1, 0.15) is 28.5 Å². The van der Waals surface area contributed by atoms with Crippen LogP contribution in [0.2, 0.25) is 0 Å². The number of amides is 2. The number of fused-ring (bicyclic) bond motifs is 2. The highest BCUT2D eigenvalue weighted by Gasteiger charge is 2.39. The summed E-state index contributed by atoms with van der Waals surface area (Å²) in [5.41, 5.74) is 2.50. The van der Waals surface area contributed by atoms with Crippen molar-refractivity contribution < 1.29 is 38.1 Å². The lowest BCUT2D eigenvalue weighted by Crippen LogP contribution is -2.47. The fourth-order valence-corrected chi connectivity index (χ4v) is 7.07. The Hall–Kier alpha value is -5.12. The SMILES string of the molecule is CN(C)Cc1nc(Nc2ccc(-c3cnc4cc(F)ccn34)c3c2C(=O)N(C(=O)OC(C)(C)C)C3)ccc1N1CCC(O)(COCCCC(=O)OC(C)(C)C)CC1. The van der Waals surface area contributed by atoms with Crippen LogP contribution in [0.4, 0.5) is 26.4 Å². The molecule has 2 N–H and O–H groups in total.